The first-order chi connectivity index (χ1) is 10.8. The molecular weight excluding hydrogens is 296 g/mol. The van der Waals surface area contributed by atoms with Gasteiger partial charge < -0.3 is 24.8 Å². The molecule has 2 N–H and O–H groups in total. The molecule has 2 rings (SSSR count). The van der Waals surface area contributed by atoms with Gasteiger partial charge in [-0.1, -0.05) is 0 Å². The highest BCUT2D eigenvalue weighted by Gasteiger charge is 2.32. The van der Waals surface area contributed by atoms with Crippen molar-refractivity contribution in [1.82, 2.24) is 4.90 Å². The Morgan fingerprint density at radius 1 is 1.35 bits per heavy atom. The maximum Gasteiger partial charge on any atom is 0.410 e. The summed E-state index contributed by atoms with van der Waals surface area (Å²) >= 11 is 0. The molecule has 1 aromatic carbocycles. The molecule has 1 amide bonds. The van der Waals surface area contributed by atoms with E-state index < -0.39 is 5.60 Å². The lowest BCUT2D eigenvalue weighted by Crippen LogP contribution is -2.42. The minimum atomic E-state index is -0.498. The Bertz CT molecular complexity index is 554. The van der Waals surface area contributed by atoms with Crippen molar-refractivity contribution in [2.24, 2.45) is 0 Å². The van der Waals surface area contributed by atoms with Crippen molar-refractivity contribution in [3.8, 4) is 11.5 Å². The summed E-state index contributed by atoms with van der Waals surface area (Å²) < 4.78 is 16.6. The van der Waals surface area contributed by atoms with E-state index in [1.165, 1.54) is 0 Å². The zero-order valence-electron chi connectivity index (χ0n) is 14.3. The first-order valence-electron chi connectivity index (χ1n) is 7.86. The molecule has 1 aromatic rings. The lowest BCUT2D eigenvalue weighted by Gasteiger charge is -2.28. The van der Waals surface area contributed by atoms with Crippen LogP contribution in [0.15, 0.2) is 18.2 Å². The number of amides is 1. The maximum absolute atomic E-state index is 12.3. The lowest BCUT2D eigenvalue weighted by molar-refractivity contribution is 0.0187. The van der Waals surface area contributed by atoms with Gasteiger partial charge in [0.05, 0.1) is 13.2 Å². The van der Waals surface area contributed by atoms with E-state index in [9.17, 15) is 4.79 Å². The minimum absolute atomic E-state index is 0.00372. The smallest absolute Gasteiger partial charge is 0.410 e. The summed E-state index contributed by atoms with van der Waals surface area (Å²) in [6, 6.07) is 5.25. The van der Waals surface area contributed by atoms with E-state index in [1.54, 1.807) is 30.2 Å². The fourth-order valence-corrected chi connectivity index (χ4v) is 2.56. The van der Waals surface area contributed by atoms with Gasteiger partial charge >= 0.3 is 6.09 Å². The van der Waals surface area contributed by atoms with Crippen LogP contribution >= 0.6 is 0 Å². The van der Waals surface area contributed by atoms with Gasteiger partial charge in [0.25, 0.3) is 0 Å². The lowest BCUT2D eigenvalue weighted by atomic mass is 10.2. The third kappa shape index (κ3) is 4.68. The first kappa shape index (κ1) is 17.2. The van der Waals surface area contributed by atoms with Gasteiger partial charge in [-0.05, 0) is 45.7 Å². The largest absolute Gasteiger partial charge is 0.493 e. The molecule has 23 heavy (non-hydrogen) atoms. The zero-order chi connectivity index (χ0) is 17.0. The summed E-state index contributed by atoms with van der Waals surface area (Å²) in [4.78, 5) is 14.0. The van der Waals surface area contributed by atoms with Crippen LogP contribution in [-0.2, 0) is 4.74 Å². The molecule has 1 aliphatic rings. The predicted octanol–water partition coefficient (Wildman–Crippen LogP) is 3.06. The number of nitrogens with zero attached hydrogens (tertiary/aromatic N) is 1. The van der Waals surface area contributed by atoms with E-state index in [-0.39, 0.29) is 12.1 Å². The van der Waals surface area contributed by atoms with Crippen molar-refractivity contribution in [3.63, 3.8) is 0 Å². The van der Waals surface area contributed by atoms with Gasteiger partial charge in [0.1, 0.15) is 12.2 Å². The molecule has 0 aromatic heterocycles. The molecule has 1 saturated heterocycles. The second-order valence-corrected chi connectivity index (χ2v) is 6.69. The number of carbonyl (C=O) groups is 1. The minimum Gasteiger partial charge on any atom is -0.493 e. The number of benzene rings is 1. The maximum atomic E-state index is 12.3. The summed E-state index contributed by atoms with van der Waals surface area (Å²) in [5, 5.41) is 0. The van der Waals surface area contributed by atoms with Gasteiger partial charge in [-0.25, -0.2) is 4.79 Å². The molecular formula is C17H26N2O4. The van der Waals surface area contributed by atoms with Crippen molar-refractivity contribution in [3.05, 3.63) is 18.2 Å². The van der Waals surface area contributed by atoms with Crippen LogP contribution in [0.5, 0.6) is 11.5 Å². The number of carbonyl (C=O) groups excluding carboxylic acids is 1. The van der Waals surface area contributed by atoms with Gasteiger partial charge in [-0.2, -0.15) is 0 Å². The summed E-state index contributed by atoms with van der Waals surface area (Å²) in [7, 11) is 1.58. The first-order valence-corrected chi connectivity index (χ1v) is 7.86. The number of nitrogen functional groups attached to an aromatic ring is 1. The van der Waals surface area contributed by atoms with Gasteiger partial charge in [0, 0.05) is 18.3 Å². The Kier molecular flexibility index (Phi) is 5.23. The van der Waals surface area contributed by atoms with Crippen molar-refractivity contribution in [2.45, 2.75) is 45.3 Å². The Balaban J connectivity index is 1.99. The average molecular weight is 322 g/mol. The van der Waals surface area contributed by atoms with Gasteiger partial charge in [-0.15, -0.1) is 0 Å². The van der Waals surface area contributed by atoms with Crippen LogP contribution < -0.4 is 15.2 Å². The van der Waals surface area contributed by atoms with Crippen LogP contribution in [0.2, 0.25) is 0 Å². The second kappa shape index (κ2) is 6.98. The highest BCUT2D eigenvalue weighted by molar-refractivity contribution is 5.69. The molecule has 0 radical (unpaired) electrons. The van der Waals surface area contributed by atoms with Crippen LogP contribution in [0, 0.1) is 0 Å². The second-order valence-electron chi connectivity index (χ2n) is 6.69. The van der Waals surface area contributed by atoms with E-state index in [2.05, 4.69) is 0 Å². The Morgan fingerprint density at radius 3 is 2.74 bits per heavy atom. The molecule has 1 heterocycles. The van der Waals surface area contributed by atoms with Crippen LogP contribution in [0.1, 0.15) is 33.6 Å². The fraction of sp³-hybridized carbons (Fsp3) is 0.588. The molecule has 1 unspecified atom stereocenters. The third-order valence-electron chi connectivity index (χ3n) is 3.62. The van der Waals surface area contributed by atoms with Crippen molar-refractivity contribution in [1.29, 1.82) is 0 Å². The zero-order valence-corrected chi connectivity index (χ0v) is 14.3. The molecule has 6 heteroatoms. The van der Waals surface area contributed by atoms with E-state index in [0.717, 1.165) is 12.8 Å². The average Bonchev–Trinajstić information content (AvgIpc) is 2.92. The summed E-state index contributed by atoms with van der Waals surface area (Å²) in [6.45, 7) is 6.67. The van der Waals surface area contributed by atoms with Gasteiger partial charge in [-0.3, -0.25) is 0 Å². The van der Waals surface area contributed by atoms with Crippen LogP contribution in [0.25, 0.3) is 0 Å². The number of ether oxygens (including phenoxy) is 3. The van der Waals surface area contributed by atoms with Crippen LogP contribution in [0.4, 0.5) is 10.5 Å². The monoisotopic (exact) mass is 322 g/mol. The molecule has 1 atom stereocenters. The quantitative estimate of drug-likeness (QED) is 0.862. The number of methoxy groups -OCH3 is 1. The molecule has 0 saturated carbocycles. The molecule has 0 aliphatic carbocycles. The number of hydrogen-bond acceptors (Lipinski definition) is 5. The molecule has 1 fully saturated rings. The topological polar surface area (TPSA) is 74.0 Å². The van der Waals surface area contributed by atoms with Crippen LogP contribution in [0.3, 0.4) is 0 Å². The Labute approximate surface area is 137 Å². The van der Waals surface area contributed by atoms with Crippen molar-refractivity contribution >= 4 is 11.8 Å². The number of anilines is 1. The normalized spacial score (nSPS) is 17.9. The molecule has 128 valence electrons. The van der Waals surface area contributed by atoms with Crippen molar-refractivity contribution in [2.75, 3.05) is 26.0 Å². The number of rotatable bonds is 4. The third-order valence-corrected chi connectivity index (χ3v) is 3.62. The van der Waals surface area contributed by atoms with E-state index in [0.29, 0.717) is 30.3 Å². The van der Waals surface area contributed by atoms with Gasteiger partial charge in [0.2, 0.25) is 0 Å². The van der Waals surface area contributed by atoms with Crippen LogP contribution in [-0.4, -0.2) is 42.9 Å². The van der Waals surface area contributed by atoms with Crippen molar-refractivity contribution < 1.29 is 19.0 Å². The number of likely N-dealkylation sites (tertiary alicyclic amines) is 1. The number of nitrogens with two attached hydrogens (primary N) is 1. The van der Waals surface area contributed by atoms with E-state index in [1.807, 2.05) is 20.8 Å². The Hall–Kier alpha value is -2.11. The SMILES string of the molecule is COc1ccc(N)cc1OCC1CCCN1C(=O)OC(C)(C)C. The molecule has 0 bridgehead atoms. The fourth-order valence-electron chi connectivity index (χ4n) is 2.56. The molecule has 6 nitrogen and oxygen atoms in total. The molecule has 0 spiro atoms. The molecule has 1 aliphatic heterocycles. The summed E-state index contributed by atoms with van der Waals surface area (Å²) in [6.07, 6.45) is 1.55. The summed E-state index contributed by atoms with van der Waals surface area (Å²) in [5.41, 5.74) is 5.90. The highest BCUT2D eigenvalue weighted by atomic mass is 16.6. The Morgan fingerprint density at radius 2 is 2.09 bits per heavy atom. The summed E-state index contributed by atoms with van der Waals surface area (Å²) in [5.74, 6) is 1.21. The van der Waals surface area contributed by atoms with Gasteiger partial charge in [0.15, 0.2) is 11.5 Å². The van der Waals surface area contributed by atoms with E-state index >= 15 is 0 Å². The standard InChI is InChI=1S/C17H26N2O4/c1-17(2,3)23-16(20)19-9-5-6-13(19)11-22-15-10-12(18)7-8-14(15)21-4/h7-8,10,13H,5-6,9,11,18H2,1-4H3. The number of hydrogen-bond donors (Lipinski definition) is 1. The highest BCUT2D eigenvalue weighted by Crippen LogP contribution is 2.30. The van der Waals surface area contributed by atoms with E-state index in [4.69, 9.17) is 19.9 Å². The predicted molar refractivity (Wildman–Crippen MR) is 88.9 cm³/mol.